The number of benzene rings is 3. The quantitative estimate of drug-likeness (QED) is 0.310. The summed E-state index contributed by atoms with van der Waals surface area (Å²) in [6, 6.07) is 22.0. The number of rotatable bonds is 7. The van der Waals surface area contributed by atoms with E-state index >= 15 is 0 Å². The summed E-state index contributed by atoms with van der Waals surface area (Å²) in [5.41, 5.74) is 3.13. The number of anilines is 1. The van der Waals surface area contributed by atoms with Crippen molar-refractivity contribution in [3.63, 3.8) is 0 Å². The van der Waals surface area contributed by atoms with Crippen molar-refractivity contribution in [2.75, 3.05) is 19.1 Å². The Bertz CT molecular complexity index is 1330. The molecule has 3 aromatic carbocycles. The number of methoxy groups -OCH3 is 2. The topological polar surface area (TPSA) is 65.1 Å². The van der Waals surface area contributed by atoms with Gasteiger partial charge in [0, 0.05) is 10.7 Å². The van der Waals surface area contributed by atoms with Gasteiger partial charge in [0.05, 0.1) is 31.1 Å². The molecule has 0 saturated carbocycles. The number of hydrogen-bond acceptors (Lipinski definition) is 5. The van der Waals surface area contributed by atoms with E-state index < -0.39 is 5.97 Å². The smallest absolute Gasteiger partial charge is 0.340 e. The van der Waals surface area contributed by atoms with Crippen LogP contribution in [0.25, 0.3) is 6.08 Å². The second kappa shape index (κ2) is 10.5. The molecule has 1 aliphatic heterocycles. The number of amides is 1. The third kappa shape index (κ3) is 5.08. The molecule has 0 spiro atoms. The average Bonchev–Trinajstić information content (AvgIpc) is 3.12. The fourth-order valence-electron chi connectivity index (χ4n) is 3.90. The molecular formula is C28H24ClNO5. The van der Waals surface area contributed by atoms with E-state index in [0.29, 0.717) is 40.1 Å². The molecule has 1 amide bonds. The van der Waals surface area contributed by atoms with E-state index in [-0.39, 0.29) is 17.1 Å². The largest absolute Gasteiger partial charge is 0.493 e. The van der Waals surface area contributed by atoms with Gasteiger partial charge in [-0.25, -0.2) is 4.79 Å². The molecule has 7 heteroatoms. The number of ether oxygens (including phenoxy) is 3. The van der Waals surface area contributed by atoms with Crippen molar-refractivity contribution in [3.05, 3.63) is 106 Å². The maximum atomic E-state index is 13.5. The number of esters is 1. The zero-order valence-corrected chi connectivity index (χ0v) is 20.3. The van der Waals surface area contributed by atoms with Crippen LogP contribution in [0.3, 0.4) is 0 Å². The molecule has 0 N–H and O–H groups in total. The highest BCUT2D eigenvalue weighted by Gasteiger charge is 2.38. The number of nitrogens with zero attached hydrogens (tertiary/aromatic N) is 1. The summed E-state index contributed by atoms with van der Waals surface area (Å²) in [5, 5.41) is 0.482. The van der Waals surface area contributed by atoms with E-state index in [0.717, 1.165) is 5.56 Å². The Kier molecular flexibility index (Phi) is 7.22. The molecule has 0 radical (unpaired) electrons. The molecule has 1 aliphatic rings. The second-order valence-corrected chi connectivity index (χ2v) is 8.25. The van der Waals surface area contributed by atoms with Gasteiger partial charge in [-0.3, -0.25) is 9.69 Å². The molecule has 0 fully saturated rings. The molecule has 0 saturated heterocycles. The number of carbonyl (C=O) groups is 2. The van der Waals surface area contributed by atoms with Crippen molar-refractivity contribution in [2.24, 2.45) is 0 Å². The van der Waals surface area contributed by atoms with Gasteiger partial charge in [-0.2, -0.15) is 0 Å². The van der Waals surface area contributed by atoms with Crippen LogP contribution in [0.1, 0.15) is 18.1 Å². The minimum atomic E-state index is -0.596. The zero-order chi connectivity index (χ0) is 24.9. The van der Waals surface area contributed by atoms with E-state index in [1.54, 1.807) is 62.6 Å². The highest BCUT2D eigenvalue weighted by atomic mass is 35.5. The van der Waals surface area contributed by atoms with E-state index in [2.05, 4.69) is 0 Å². The number of halogens is 1. The first-order chi connectivity index (χ1) is 16.9. The van der Waals surface area contributed by atoms with Crippen LogP contribution in [-0.4, -0.2) is 26.1 Å². The molecule has 35 heavy (non-hydrogen) atoms. The minimum absolute atomic E-state index is 0.195. The lowest BCUT2D eigenvalue weighted by atomic mass is 10.0. The van der Waals surface area contributed by atoms with Crippen LogP contribution in [0.5, 0.6) is 11.5 Å². The highest BCUT2D eigenvalue weighted by molar-refractivity contribution is 6.31. The van der Waals surface area contributed by atoms with Gasteiger partial charge in [-0.1, -0.05) is 54.1 Å². The van der Waals surface area contributed by atoms with E-state index in [9.17, 15) is 9.59 Å². The Hall–Kier alpha value is -4.03. The molecule has 0 aliphatic carbocycles. The summed E-state index contributed by atoms with van der Waals surface area (Å²) >= 11 is 6.14. The SMILES string of the molecule is COC(=O)C1=C(C)N(c2cccc(Cl)c2)C(=O)/C1=C\c1ccc(OCc2ccccc2)c(OC)c1. The standard InChI is InChI=1S/C28H24ClNO5/c1-18-26(28(32)34-3)23(27(31)30(18)22-11-7-10-21(29)16-22)14-20-12-13-24(25(15-20)33-2)35-17-19-8-5-4-6-9-19/h4-16H,17H2,1-3H3/b23-14-. The number of hydrogen-bond donors (Lipinski definition) is 0. The molecular weight excluding hydrogens is 466 g/mol. The van der Waals surface area contributed by atoms with Gasteiger partial charge in [0.2, 0.25) is 0 Å². The Balaban J connectivity index is 1.68. The van der Waals surface area contributed by atoms with Gasteiger partial charge in [-0.05, 0) is 54.5 Å². The third-order valence-corrected chi connectivity index (χ3v) is 5.83. The normalized spacial score (nSPS) is 14.5. The van der Waals surface area contributed by atoms with Gasteiger partial charge in [0.15, 0.2) is 11.5 Å². The lowest BCUT2D eigenvalue weighted by Gasteiger charge is -2.18. The number of allylic oxidation sites excluding steroid dienone is 1. The summed E-state index contributed by atoms with van der Waals surface area (Å²) in [5.74, 6) is 0.124. The van der Waals surface area contributed by atoms with Gasteiger partial charge in [0.25, 0.3) is 5.91 Å². The molecule has 0 aromatic heterocycles. The maximum Gasteiger partial charge on any atom is 0.340 e. The molecule has 1 heterocycles. The van der Waals surface area contributed by atoms with Crippen LogP contribution in [0.4, 0.5) is 5.69 Å². The van der Waals surface area contributed by atoms with Crippen molar-refractivity contribution in [2.45, 2.75) is 13.5 Å². The van der Waals surface area contributed by atoms with Crippen molar-refractivity contribution < 1.29 is 23.8 Å². The van der Waals surface area contributed by atoms with E-state index in [1.807, 2.05) is 30.3 Å². The van der Waals surface area contributed by atoms with Crippen molar-refractivity contribution in [1.29, 1.82) is 0 Å². The minimum Gasteiger partial charge on any atom is -0.493 e. The summed E-state index contributed by atoms with van der Waals surface area (Å²) in [4.78, 5) is 27.6. The summed E-state index contributed by atoms with van der Waals surface area (Å²) in [7, 11) is 2.84. The maximum absolute atomic E-state index is 13.5. The monoisotopic (exact) mass is 489 g/mol. The van der Waals surface area contributed by atoms with Crippen LogP contribution in [0.15, 0.2) is 89.6 Å². The summed E-state index contributed by atoms with van der Waals surface area (Å²) in [6.45, 7) is 2.09. The van der Waals surface area contributed by atoms with Crippen LogP contribution < -0.4 is 14.4 Å². The Morgan fingerprint density at radius 2 is 1.74 bits per heavy atom. The molecule has 0 unspecified atom stereocenters. The molecule has 6 nitrogen and oxygen atoms in total. The number of carbonyl (C=O) groups excluding carboxylic acids is 2. The molecule has 178 valence electrons. The van der Waals surface area contributed by atoms with Gasteiger partial charge >= 0.3 is 5.97 Å². The van der Waals surface area contributed by atoms with Gasteiger partial charge in [0.1, 0.15) is 6.61 Å². The van der Waals surface area contributed by atoms with Crippen molar-refractivity contribution in [1.82, 2.24) is 0 Å². The van der Waals surface area contributed by atoms with Gasteiger partial charge in [-0.15, -0.1) is 0 Å². The molecule has 4 rings (SSSR count). The lowest BCUT2D eigenvalue weighted by molar-refractivity contribution is -0.136. The van der Waals surface area contributed by atoms with Gasteiger partial charge < -0.3 is 14.2 Å². The van der Waals surface area contributed by atoms with Crippen LogP contribution in [0.2, 0.25) is 5.02 Å². The molecule has 3 aromatic rings. The zero-order valence-electron chi connectivity index (χ0n) is 19.6. The highest BCUT2D eigenvalue weighted by Crippen LogP contribution is 2.37. The predicted octanol–water partition coefficient (Wildman–Crippen LogP) is 5.80. The average molecular weight is 490 g/mol. The lowest BCUT2D eigenvalue weighted by Crippen LogP contribution is -2.24. The first kappa shape index (κ1) is 24.1. The van der Waals surface area contributed by atoms with Crippen LogP contribution in [-0.2, 0) is 20.9 Å². The van der Waals surface area contributed by atoms with E-state index in [4.69, 9.17) is 25.8 Å². The second-order valence-electron chi connectivity index (χ2n) is 7.82. The Labute approximate surface area is 209 Å². The predicted molar refractivity (Wildman–Crippen MR) is 135 cm³/mol. The fourth-order valence-corrected chi connectivity index (χ4v) is 4.09. The summed E-state index contributed by atoms with van der Waals surface area (Å²) < 4.78 is 16.4. The Morgan fingerprint density at radius 3 is 2.43 bits per heavy atom. The van der Waals surface area contributed by atoms with Crippen LogP contribution >= 0.6 is 11.6 Å². The van der Waals surface area contributed by atoms with Crippen molar-refractivity contribution in [3.8, 4) is 11.5 Å². The van der Waals surface area contributed by atoms with E-state index in [1.165, 1.54) is 12.0 Å². The van der Waals surface area contributed by atoms with Crippen molar-refractivity contribution >= 4 is 35.2 Å². The fraction of sp³-hybridized carbons (Fsp3) is 0.143. The molecule has 0 atom stereocenters. The Morgan fingerprint density at radius 1 is 0.971 bits per heavy atom. The summed E-state index contributed by atoms with van der Waals surface area (Å²) in [6.07, 6.45) is 1.64. The van der Waals surface area contributed by atoms with Crippen LogP contribution in [0, 0.1) is 0 Å². The first-order valence-electron chi connectivity index (χ1n) is 10.9. The third-order valence-electron chi connectivity index (χ3n) is 5.59. The first-order valence-corrected chi connectivity index (χ1v) is 11.3. The molecule has 0 bridgehead atoms.